The van der Waals surface area contributed by atoms with E-state index in [9.17, 15) is 13.2 Å². The average Bonchev–Trinajstić information content (AvgIpc) is 3.05. The Labute approximate surface area is 93.2 Å². The van der Waals surface area contributed by atoms with Gasteiger partial charge in [-0.3, -0.25) is 10.2 Å². The molecule has 1 atom stereocenters. The van der Waals surface area contributed by atoms with Crippen molar-refractivity contribution in [3.05, 3.63) is 0 Å². The van der Waals surface area contributed by atoms with Crippen LogP contribution in [0.5, 0.6) is 0 Å². The quantitative estimate of drug-likeness (QED) is 0.802. The molecule has 2 saturated carbocycles. The first-order chi connectivity index (χ1) is 7.50. The third kappa shape index (κ3) is 1.84. The smallest absolute Gasteiger partial charge is 0.299 e. The van der Waals surface area contributed by atoms with Crippen LogP contribution in [0.4, 0.5) is 13.2 Å². The first-order valence-corrected chi connectivity index (χ1v) is 6.09. The molecule has 0 aromatic heterocycles. The predicted molar refractivity (Wildman–Crippen MR) is 54.2 cm³/mol. The first kappa shape index (κ1) is 10.8. The van der Waals surface area contributed by atoms with Crippen LogP contribution in [0.1, 0.15) is 32.1 Å². The van der Waals surface area contributed by atoms with Gasteiger partial charge in [-0.15, -0.1) is 0 Å². The standard InChI is InChI=1S/C11H17F3N2/c12-11(13,14)10(4-5-10)15-8-3-6-16(7-8)9-1-2-9/h8-9,15H,1-7H2. The molecule has 2 nitrogen and oxygen atoms in total. The molecular weight excluding hydrogens is 217 g/mol. The summed E-state index contributed by atoms with van der Waals surface area (Å²) >= 11 is 0. The summed E-state index contributed by atoms with van der Waals surface area (Å²) in [6.07, 6.45) is -0.213. The van der Waals surface area contributed by atoms with Crippen LogP contribution in [0.25, 0.3) is 0 Å². The maximum Gasteiger partial charge on any atom is 0.406 e. The Hall–Kier alpha value is -0.290. The van der Waals surface area contributed by atoms with Crippen molar-refractivity contribution in [2.24, 2.45) is 0 Å². The topological polar surface area (TPSA) is 15.3 Å². The Bertz CT molecular complexity index is 281. The Balaban J connectivity index is 1.56. The zero-order chi connectivity index (χ0) is 11.4. The van der Waals surface area contributed by atoms with Crippen LogP contribution in [0.15, 0.2) is 0 Å². The van der Waals surface area contributed by atoms with Crippen molar-refractivity contribution in [3.8, 4) is 0 Å². The summed E-state index contributed by atoms with van der Waals surface area (Å²) in [7, 11) is 0. The van der Waals surface area contributed by atoms with Crippen LogP contribution in [0.2, 0.25) is 0 Å². The van der Waals surface area contributed by atoms with E-state index in [1.165, 1.54) is 12.8 Å². The molecule has 16 heavy (non-hydrogen) atoms. The molecular formula is C11H17F3N2. The van der Waals surface area contributed by atoms with Gasteiger partial charge in [-0.1, -0.05) is 0 Å². The molecule has 0 amide bonds. The van der Waals surface area contributed by atoms with E-state index < -0.39 is 11.7 Å². The summed E-state index contributed by atoms with van der Waals surface area (Å²) in [4.78, 5) is 2.34. The van der Waals surface area contributed by atoms with Gasteiger partial charge in [0.05, 0.1) is 0 Å². The minimum absolute atomic E-state index is 0.0460. The molecule has 2 aliphatic carbocycles. The van der Waals surface area contributed by atoms with Crippen LogP contribution in [0.3, 0.4) is 0 Å². The fourth-order valence-electron chi connectivity index (χ4n) is 2.70. The molecule has 0 spiro atoms. The van der Waals surface area contributed by atoms with E-state index in [0.29, 0.717) is 6.04 Å². The van der Waals surface area contributed by atoms with Gasteiger partial charge in [-0.25, -0.2) is 0 Å². The average molecular weight is 234 g/mol. The van der Waals surface area contributed by atoms with Crippen molar-refractivity contribution in [1.82, 2.24) is 10.2 Å². The van der Waals surface area contributed by atoms with Gasteiger partial charge in [-0.2, -0.15) is 13.2 Å². The van der Waals surface area contributed by atoms with Gasteiger partial charge >= 0.3 is 6.18 Å². The Morgan fingerprint density at radius 3 is 2.31 bits per heavy atom. The highest BCUT2D eigenvalue weighted by Crippen LogP contribution is 2.49. The Morgan fingerprint density at radius 1 is 1.12 bits per heavy atom. The molecule has 0 radical (unpaired) electrons. The molecule has 3 fully saturated rings. The summed E-state index contributed by atoms with van der Waals surface area (Å²) in [6, 6.07) is 0.720. The SMILES string of the molecule is FC(F)(F)C1(NC2CCN(C3CC3)C2)CC1. The number of rotatable bonds is 3. The van der Waals surface area contributed by atoms with Crippen molar-refractivity contribution in [1.29, 1.82) is 0 Å². The third-order valence-corrected chi connectivity index (χ3v) is 4.06. The second kappa shape index (κ2) is 3.35. The molecule has 1 unspecified atom stereocenters. The molecule has 0 bridgehead atoms. The number of halogens is 3. The number of nitrogens with one attached hydrogen (secondary N) is 1. The molecule has 3 rings (SSSR count). The number of hydrogen-bond donors (Lipinski definition) is 1. The number of likely N-dealkylation sites (tertiary alicyclic amines) is 1. The van der Waals surface area contributed by atoms with Gasteiger partial charge in [0.25, 0.3) is 0 Å². The van der Waals surface area contributed by atoms with E-state index in [0.717, 1.165) is 19.5 Å². The summed E-state index contributed by atoms with van der Waals surface area (Å²) in [5, 5.41) is 2.85. The Kier molecular flexibility index (Phi) is 2.27. The highest BCUT2D eigenvalue weighted by Gasteiger charge is 2.64. The van der Waals surface area contributed by atoms with Crippen LogP contribution in [0, 0.1) is 0 Å². The molecule has 1 aliphatic heterocycles. The van der Waals surface area contributed by atoms with E-state index in [2.05, 4.69) is 10.2 Å². The zero-order valence-corrected chi connectivity index (χ0v) is 9.19. The summed E-state index contributed by atoms with van der Waals surface area (Å²) in [5.41, 5.74) is -1.53. The van der Waals surface area contributed by atoms with Crippen LogP contribution >= 0.6 is 0 Å². The summed E-state index contributed by atoms with van der Waals surface area (Å²) < 4.78 is 38.2. The van der Waals surface area contributed by atoms with Crippen molar-refractivity contribution in [2.45, 2.75) is 55.9 Å². The summed E-state index contributed by atoms with van der Waals surface area (Å²) in [6.45, 7) is 1.78. The van der Waals surface area contributed by atoms with Crippen molar-refractivity contribution >= 4 is 0 Å². The molecule has 92 valence electrons. The Morgan fingerprint density at radius 2 is 1.81 bits per heavy atom. The highest BCUT2D eigenvalue weighted by atomic mass is 19.4. The number of hydrogen-bond acceptors (Lipinski definition) is 2. The van der Waals surface area contributed by atoms with Crippen molar-refractivity contribution < 1.29 is 13.2 Å². The number of nitrogens with zero attached hydrogens (tertiary/aromatic N) is 1. The molecule has 0 aromatic rings. The molecule has 3 aliphatic rings. The van der Waals surface area contributed by atoms with Gasteiger partial charge < -0.3 is 0 Å². The van der Waals surface area contributed by atoms with Crippen molar-refractivity contribution in [3.63, 3.8) is 0 Å². The lowest BCUT2D eigenvalue weighted by Crippen LogP contribution is -2.50. The molecule has 1 heterocycles. The normalized spacial score (nSPS) is 34.3. The zero-order valence-electron chi connectivity index (χ0n) is 9.19. The first-order valence-electron chi connectivity index (χ1n) is 6.09. The fraction of sp³-hybridized carbons (Fsp3) is 1.00. The van der Waals surface area contributed by atoms with Gasteiger partial charge in [0.15, 0.2) is 0 Å². The van der Waals surface area contributed by atoms with E-state index in [1.807, 2.05) is 0 Å². The van der Waals surface area contributed by atoms with E-state index in [1.54, 1.807) is 0 Å². The van der Waals surface area contributed by atoms with Crippen LogP contribution < -0.4 is 5.32 Å². The van der Waals surface area contributed by atoms with Gasteiger partial charge in [0.1, 0.15) is 5.54 Å². The van der Waals surface area contributed by atoms with Crippen molar-refractivity contribution in [2.75, 3.05) is 13.1 Å². The van der Waals surface area contributed by atoms with Gasteiger partial charge in [0, 0.05) is 25.2 Å². The lowest BCUT2D eigenvalue weighted by molar-refractivity contribution is -0.167. The largest absolute Gasteiger partial charge is 0.406 e. The van der Waals surface area contributed by atoms with Gasteiger partial charge in [-0.05, 0) is 32.1 Å². The minimum Gasteiger partial charge on any atom is -0.299 e. The van der Waals surface area contributed by atoms with Crippen LogP contribution in [-0.4, -0.2) is 41.8 Å². The second-order valence-corrected chi connectivity index (χ2v) is 5.44. The molecule has 0 aromatic carbocycles. The number of alkyl halides is 3. The van der Waals surface area contributed by atoms with Gasteiger partial charge in [0.2, 0.25) is 0 Å². The predicted octanol–water partition coefficient (Wildman–Crippen LogP) is 1.91. The third-order valence-electron chi connectivity index (χ3n) is 4.06. The lowest BCUT2D eigenvalue weighted by Gasteiger charge is -2.25. The maximum absolute atomic E-state index is 12.7. The molecule has 5 heteroatoms. The molecule has 1 saturated heterocycles. The van der Waals surface area contributed by atoms with Crippen LogP contribution in [-0.2, 0) is 0 Å². The fourth-order valence-corrected chi connectivity index (χ4v) is 2.70. The molecule has 1 N–H and O–H groups in total. The minimum atomic E-state index is -4.07. The van der Waals surface area contributed by atoms with E-state index in [4.69, 9.17) is 0 Å². The summed E-state index contributed by atoms with van der Waals surface area (Å²) in [5.74, 6) is 0. The lowest BCUT2D eigenvalue weighted by atomic mass is 10.2. The second-order valence-electron chi connectivity index (χ2n) is 5.44. The highest BCUT2D eigenvalue weighted by molar-refractivity contribution is 5.10. The van der Waals surface area contributed by atoms with E-state index in [-0.39, 0.29) is 18.9 Å². The van der Waals surface area contributed by atoms with E-state index >= 15 is 0 Å². The maximum atomic E-state index is 12.7. The monoisotopic (exact) mass is 234 g/mol.